The van der Waals surface area contributed by atoms with Gasteiger partial charge in [0.25, 0.3) is 5.89 Å². The van der Waals surface area contributed by atoms with Crippen molar-refractivity contribution in [2.75, 3.05) is 26.8 Å². The maximum atomic E-state index is 6.00. The Morgan fingerprint density at radius 1 is 1.40 bits per heavy atom. The molecule has 0 bridgehead atoms. The number of methoxy groups -OCH3 is 1. The van der Waals surface area contributed by atoms with Gasteiger partial charge in [0, 0.05) is 44.9 Å². The molecule has 2 aromatic heterocycles. The molecule has 1 aliphatic heterocycles. The summed E-state index contributed by atoms with van der Waals surface area (Å²) in [4.78, 5) is 6.75. The summed E-state index contributed by atoms with van der Waals surface area (Å²) in [6.45, 7) is 5.99. The van der Waals surface area contributed by atoms with Crippen molar-refractivity contribution in [2.45, 2.75) is 45.4 Å². The number of likely N-dealkylation sites (tertiary alicyclic amines) is 1. The molecule has 1 fully saturated rings. The number of hydrogen-bond donors (Lipinski definition) is 0. The number of rotatable bonds is 8. The molecule has 1 atom stereocenters. The minimum absolute atomic E-state index is 0.194. The number of ether oxygens (including phenoxy) is 2. The Balaban J connectivity index is 1.46. The minimum atomic E-state index is 0.194. The molecule has 0 amide bonds. The van der Waals surface area contributed by atoms with Crippen molar-refractivity contribution in [1.82, 2.24) is 24.8 Å². The third-order valence-corrected chi connectivity index (χ3v) is 4.68. The minimum Gasteiger partial charge on any atom is -0.384 e. The largest absolute Gasteiger partial charge is 0.384 e. The first kappa shape index (κ1) is 18.0. The number of aromatic nitrogens is 4. The topological polar surface area (TPSA) is 78.4 Å². The fourth-order valence-electron chi connectivity index (χ4n) is 3.07. The Hall–Kier alpha value is -1.77. The summed E-state index contributed by atoms with van der Waals surface area (Å²) in [7, 11) is 3.64. The molecule has 8 heteroatoms. The first-order chi connectivity index (χ1) is 12.2. The molecule has 1 unspecified atom stereocenters. The van der Waals surface area contributed by atoms with Crippen LogP contribution < -0.4 is 0 Å². The normalized spacial score (nSPS) is 18.8. The van der Waals surface area contributed by atoms with Crippen molar-refractivity contribution >= 4 is 0 Å². The van der Waals surface area contributed by atoms with Crippen LogP contribution in [0, 0.1) is 6.92 Å². The lowest BCUT2D eigenvalue weighted by Crippen LogP contribution is -2.39. The van der Waals surface area contributed by atoms with Gasteiger partial charge in [-0.15, -0.1) is 0 Å². The maximum Gasteiger partial charge on any atom is 0.252 e. The Morgan fingerprint density at radius 2 is 2.28 bits per heavy atom. The number of aryl methyl sites for hydroxylation is 1. The molecule has 138 valence electrons. The van der Waals surface area contributed by atoms with Crippen LogP contribution >= 0.6 is 0 Å². The summed E-state index contributed by atoms with van der Waals surface area (Å²) >= 11 is 0. The highest BCUT2D eigenvalue weighted by Gasteiger charge is 2.22. The zero-order valence-electron chi connectivity index (χ0n) is 15.3. The molecule has 0 spiro atoms. The highest BCUT2D eigenvalue weighted by molar-refractivity contribution is 5.15. The zero-order valence-corrected chi connectivity index (χ0v) is 15.3. The molecule has 0 N–H and O–H groups in total. The average Bonchev–Trinajstić information content (AvgIpc) is 3.20. The third kappa shape index (κ3) is 4.87. The zero-order chi connectivity index (χ0) is 17.6. The average molecular weight is 349 g/mol. The van der Waals surface area contributed by atoms with E-state index in [0.29, 0.717) is 31.3 Å². The molecule has 0 aliphatic carbocycles. The van der Waals surface area contributed by atoms with E-state index < -0.39 is 0 Å². The lowest BCUT2D eigenvalue weighted by molar-refractivity contribution is -0.0211. The second-order valence-electron chi connectivity index (χ2n) is 6.54. The second kappa shape index (κ2) is 8.55. The van der Waals surface area contributed by atoms with E-state index in [4.69, 9.17) is 14.0 Å². The Kier molecular flexibility index (Phi) is 6.17. The third-order valence-electron chi connectivity index (χ3n) is 4.68. The second-order valence-corrected chi connectivity index (χ2v) is 6.54. The lowest BCUT2D eigenvalue weighted by Gasteiger charge is -2.32. The Labute approximate surface area is 148 Å². The van der Waals surface area contributed by atoms with Crippen molar-refractivity contribution in [3.05, 3.63) is 29.2 Å². The highest BCUT2D eigenvalue weighted by Crippen LogP contribution is 2.18. The predicted octanol–water partition coefficient (Wildman–Crippen LogP) is 1.48. The maximum absolute atomic E-state index is 6.00. The molecule has 3 rings (SSSR count). The summed E-state index contributed by atoms with van der Waals surface area (Å²) in [6.07, 6.45) is 5.00. The van der Waals surface area contributed by atoms with Gasteiger partial charge in [-0.05, 0) is 26.3 Å². The van der Waals surface area contributed by atoms with E-state index in [1.54, 1.807) is 7.11 Å². The van der Waals surface area contributed by atoms with Crippen LogP contribution in [0.5, 0.6) is 0 Å². The molecule has 1 saturated heterocycles. The van der Waals surface area contributed by atoms with E-state index in [0.717, 1.165) is 32.5 Å². The van der Waals surface area contributed by atoms with Gasteiger partial charge in [0.15, 0.2) is 5.82 Å². The summed E-state index contributed by atoms with van der Waals surface area (Å²) in [5.74, 6) is 1.20. The number of piperidine rings is 1. The first-order valence-electron chi connectivity index (χ1n) is 8.77. The van der Waals surface area contributed by atoms with Gasteiger partial charge in [0.1, 0.15) is 6.61 Å². The first-order valence-corrected chi connectivity index (χ1v) is 8.77. The van der Waals surface area contributed by atoms with Crippen LogP contribution in [-0.4, -0.2) is 57.7 Å². The Morgan fingerprint density at radius 3 is 3.04 bits per heavy atom. The summed E-state index contributed by atoms with van der Waals surface area (Å²) in [5, 5.41) is 8.26. The quantitative estimate of drug-likeness (QED) is 0.714. The van der Waals surface area contributed by atoms with Crippen LogP contribution in [0.25, 0.3) is 0 Å². The Bertz CT molecular complexity index is 669. The van der Waals surface area contributed by atoms with Crippen LogP contribution in [0.3, 0.4) is 0 Å². The molecular formula is C17H27N5O3. The standard InChI is InChI=1S/C17H27N5O3/c1-13-14(9-18-21(13)2)10-22-7-4-5-15(11-22)24-12-17-19-16(20-25-17)6-8-23-3/h9,15H,4-8,10-12H2,1-3H3. The fraction of sp³-hybridized carbons (Fsp3) is 0.706. The summed E-state index contributed by atoms with van der Waals surface area (Å²) in [5.41, 5.74) is 2.50. The van der Waals surface area contributed by atoms with Crippen LogP contribution in [-0.2, 0) is 36.1 Å². The SMILES string of the molecule is COCCc1noc(COC2CCCN(Cc3cnn(C)c3C)C2)n1. The molecule has 2 aromatic rings. The van der Waals surface area contributed by atoms with Crippen LogP contribution in [0.4, 0.5) is 0 Å². The van der Waals surface area contributed by atoms with Gasteiger partial charge in [0.2, 0.25) is 0 Å². The van der Waals surface area contributed by atoms with E-state index >= 15 is 0 Å². The van der Waals surface area contributed by atoms with Crippen molar-refractivity contribution in [3.8, 4) is 0 Å². The fourth-order valence-corrected chi connectivity index (χ4v) is 3.07. The number of nitrogens with zero attached hydrogens (tertiary/aromatic N) is 5. The van der Waals surface area contributed by atoms with Gasteiger partial charge < -0.3 is 14.0 Å². The van der Waals surface area contributed by atoms with E-state index in [9.17, 15) is 0 Å². The molecular weight excluding hydrogens is 322 g/mol. The summed E-state index contributed by atoms with van der Waals surface area (Å²) < 4.78 is 18.2. The van der Waals surface area contributed by atoms with Crippen LogP contribution in [0.1, 0.15) is 35.8 Å². The number of hydrogen-bond acceptors (Lipinski definition) is 7. The molecule has 3 heterocycles. The van der Waals surface area contributed by atoms with E-state index in [1.807, 2.05) is 17.9 Å². The smallest absolute Gasteiger partial charge is 0.252 e. The van der Waals surface area contributed by atoms with Crippen molar-refractivity contribution in [2.24, 2.45) is 7.05 Å². The molecule has 0 aromatic carbocycles. The van der Waals surface area contributed by atoms with Crippen LogP contribution in [0.2, 0.25) is 0 Å². The molecule has 1 aliphatic rings. The predicted molar refractivity (Wildman–Crippen MR) is 90.9 cm³/mol. The molecule has 25 heavy (non-hydrogen) atoms. The van der Waals surface area contributed by atoms with E-state index in [1.165, 1.54) is 11.3 Å². The van der Waals surface area contributed by atoms with E-state index in [2.05, 4.69) is 27.1 Å². The highest BCUT2D eigenvalue weighted by atomic mass is 16.5. The molecule has 8 nitrogen and oxygen atoms in total. The molecule has 0 radical (unpaired) electrons. The lowest BCUT2D eigenvalue weighted by atomic mass is 10.1. The molecule has 0 saturated carbocycles. The van der Waals surface area contributed by atoms with Gasteiger partial charge in [-0.1, -0.05) is 5.16 Å². The van der Waals surface area contributed by atoms with Gasteiger partial charge in [-0.3, -0.25) is 9.58 Å². The summed E-state index contributed by atoms with van der Waals surface area (Å²) in [6, 6.07) is 0. The van der Waals surface area contributed by atoms with Crippen LogP contribution in [0.15, 0.2) is 10.7 Å². The van der Waals surface area contributed by atoms with Crippen molar-refractivity contribution in [1.29, 1.82) is 0 Å². The van der Waals surface area contributed by atoms with Gasteiger partial charge in [-0.25, -0.2) is 0 Å². The monoisotopic (exact) mass is 349 g/mol. The van der Waals surface area contributed by atoms with Crippen molar-refractivity contribution in [3.63, 3.8) is 0 Å². The van der Waals surface area contributed by atoms with Gasteiger partial charge >= 0.3 is 0 Å². The van der Waals surface area contributed by atoms with Gasteiger partial charge in [-0.2, -0.15) is 10.1 Å². The van der Waals surface area contributed by atoms with E-state index in [-0.39, 0.29) is 6.10 Å². The van der Waals surface area contributed by atoms with Gasteiger partial charge in [0.05, 0.1) is 18.9 Å². The van der Waals surface area contributed by atoms with Crippen molar-refractivity contribution < 1.29 is 14.0 Å².